The summed E-state index contributed by atoms with van der Waals surface area (Å²) in [6.45, 7) is 1.87. The van der Waals surface area contributed by atoms with Gasteiger partial charge >= 0.3 is 5.97 Å². The van der Waals surface area contributed by atoms with Crippen LogP contribution in [0.4, 0.5) is 5.82 Å². The van der Waals surface area contributed by atoms with E-state index in [4.69, 9.17) is 0 Å². The molecule has 7 heteroatoms. The molecule has 0 fully saturated rings. The number of sulfonamides is 1. The topological polar surface area (TPSA) is 88.4 Å². The summed E-state index contributed by atoms with van der Waals surface area (Å²) in [4.78, 5) is 11.4. The van der Waals surface area contributed by atoms with Crippen LogP contribution in [0.5, 0.6) is 0 Å². The second-order valence-corrected chi connectivity index (χ2v) is 7.57. The first kappa shape index (κ1) is 17.0. The van der Waals surface area contributed by atoms with Gasteiger partial charge in [0.25, 0.3) is 10.0 Å². The Labute approximate surface area is 145 Å². The molecule has 0 aliphatic carbocycles. The van der Waals surface area contributed by atoms with Gasteiger partial charge in [-0.1, -0.05) is 35.9 Å². The number of hydrogen-bond acceptors (Lipinski definition) is 3. The van der Waals surface area contributed by atoms with Crippen LogP contribution in [-0.4, -0.2) is 24.1 Å². The maximum atomic E-state index is 12.7. The Balaban J connectivity index is 2.13. The highest BCUT2D eigenvalue weighted by molar-refractivity contribution is 7.92. The first-order valence-electron chi connectivity index (χ1n) is 7.67. The number of aryl methyl sites for hydroxylation is 2. The van der Waals surface area contributed by atoms with Gasteiger partial charge in [-0.3, -0.25) is 9.52 Å². The lowest BCUT2D eigenvalue weighted by atomic mass is 10.1. The number of nitrogens with one attached hydrogen (secondary N) is 1. The molecule has 0 bridgehead atoms. The molecular weight excluding hydrogens is 340 g/mol. The number of carbonyl (C=O) groups is 1. The lowest BCUT2D eigenvalue weighted by Crippen LogP contribution is -2.17. The molecule has 0 radical (unpaired) electrons. The van der Waals surface area contributed by atoms with Gasteiger partial charge in [0.2, 0.25) is 0 Å². The highest BCUT2D eigenvalue weighted by Crippen LogP contribution is 2.31. The molecule has 0 saturated carbocycles. The molecule has 0 saturated heterocycles. The minimum atomic E-state index is -3.82. The summed E-state index contributed by atoms with van der Waals surface area (Å²) in [5.41, 5.74) is 2.16. The highest BCUT2D eigenvalue weighted by Gasteiger charge is 2.22. The van der Waals surface area contributed by atoms with Crippen molar-refractivity contribution >= 4 is 32.7 Å². The summed E-state index contributed by atoms with van der Waals surface area (Å²) in [5, 5.41) is 9.94. The van der Waals surface area contributed by atoms with E-state index in [-0.39, 0.29) is 17.1 Å². The molecule has 130 valence electrons. The summed E-state index contributed by atoms with van der Waals surface area (Å²) in [5.74, 6) is -0.753. The van der Waals surface area contributed by atoms with Crippen LogP contribution in [0.25, 0.3) is 10.9 Å². The lowest BCUT2D eigenvalue weighted by Gasteiger charge is -2.11. The van der Waals surface area contributed by atoms with Gasteiger partial charge in [-0.2, -0.15) is 0 Å². The third kappa shape index (κ3) is 3.23. The fourth-order valence-electron chi connectivity index (χ4n) is 2.84. The summed E-state index contributed by atoms with van der Waals surface area (Å²) in [6.07, 6.45) is -0.271. The standard InChI is InChI=1S/C18H18N2O4S/c1-12-7-9-13(10-8-12)25(23,24)19-18-15(11-17(21)22)14-5-3-4-6-16(14)20(18)2/h3-10,19H,11H2,1-2H3,(H,21,22). The highest BCUT2D eigenvalue weighted by atomic mass is 32.2. The van der Waals surface area contributed by atoms with Crippen LogP contribution >= 0.6 is 0 Å². The Morgan fingerprint density at radius 3 is 2.40 bits per heavy atom. The largest absolute Gasteiger partial charge is 0.481 e. The number of carboxylic acid groups (broad SMARTS) is 1. The van der Waals surface area contributed by atoms with Crippen molar-refractivity contribution in [3.05, 3.63) is 59.7 Å². The number of aromatic nitrogens is 1. The van der Waals surface area contributed by atoms with Gasteiger partial charge in [-0.25, -0.2) is 8.42 Å². The Morgan fingerprint density at radius 1 is 1.12 bits per heavy atom. The number of anilines is 1. The van der Waals surface area contributed by atoms with Crippen LogP contribution in [0.2, 0.25) is 0 Å². The van der Waals surface area contributed by atoms with Crippen LogP contribution in [0.3, 0.4) is 0 Å². The van der Waals surface area contributed by atoms with Crippen molar-refractivity contribution in [1.82, 2.24) is 4.57 Å². The average molecular weight is 358 g/mol. The molecule has 2 N–H and O–H groups in total. The number of rotatable bonds is 5. The van der Waals surface area contributed by atoms with E-state index in [1.165, 1.54) is 12.1 Å². The number of benzene rings is 2. The predicted octanol–water partition coefficient (Wildman–Crippen LogP) is 2.91. The zero-order chi connectivity index (χ0) is 18.2. The van der Waals surface area contributed by atoms with Gasteiger partial charge in [0, 0.05) is 23.5 Å². The van der Waals surface area contributed by atoms with Crippen molar-refractivity contribution < 1.29 is 18.3 Å². The summed E-state index contributed by atoms with van der Waals surface area (Å²) < 4.78 is 29.6. The van der Waals surface area contributed by atoms with Crippen LogP contribution in [0.1, 0.15) is 11.1 Å². The molecule has 3 rings (SSSR count). The van der Waals surface area contributed by atoms with Gasteiger partial charge in [0.1, 0.15) is 5.82 Å². The minimum Gasteiger partial charge on any atom is -0.481 e. The van der Waals surface area contributed by atoms with Crippen molar-refractivity contribution in [2.24, 2.45) is 7.05 Å². The summed E-state index contributed by atoms with van der Waals surface area (Å²) in [7, 11) is -2.11. The summed E-state index contributed by atoms with van der Waals surface area (Å²) in [6, 6.07) is 13.7. The Morgan fingerprint density at radius 2 is 1.76 bits per heavy atom. The van der Waals surface area contributed by atoms with Crippen molar-refractivity contribution in [3.63, 3.8) is 0 Å². The molecule has 3 aromatic rings. The molecule has 0 unspecified atom stereocenters. The lowest BCUT2D eigenvalue weighted by molar-refractivity contribution is -0.136. The van der Waals surface area contributed by atoms with Gasteiger partial charge < -0.3 is 9.67 Å². The molecule has 2 aromatic carbocycles. The monoisotopic (exact) mass is 358 g/mol. The van der Waals surface area contributed by atoms with E-state index >= 15 is 0 Å². The number of fused-ring (bicyclic) bond motifs is 1. The minimum absolute atomic E-state index is 0.129. The first-order valence-corrected chi connectivity index (χ1v) is 9.15. The van der Waals surface area contributed by atoms with Crippen molar-refractivity contribution in [2.75, 3.05) is 4.72 Å². The molecule has 1 heterocycles. The molecule has 6 nitrogen and oxygen atoms in total. The van der Waals surface area contributed by atoms with Gasteiger partial charge in [-0.05, 0) is 25.1 Å². The molecular formula is C18H18N2O4S. The van der Waals surface area contributed by atoms with E-state index in [0.717, 1.165) is 11.1 Å². The van der Waals surface area contributed by atoms with Crippen LogP contribution in [-0.2, 0) is 28.3 Å². The van der Waals surface area contributed by atoms with E-state index in [1.807, 2.05) is 19.1 Å². The van der Waals surface area contributed by atoms with Crippen LogP contribution in [0.15, 0.2) is 53.4 Å². The van der Waals surface area contributed by atoms with Crippen LogP contribution < -0.4 is 4.72 Å². The maximum absolute atomic E-state index is 12.7. The van der Waals surface area contributed by atoms with Crippen molar-refractivity contribution in [1.29, 1.82) is 0 Å². The van der Waals surface area contributed by atoms with Crippen LogP contribution in [0, 0.1) is 6.92 Å². The third-order valence-corrected chi connectivity index (χ3v) is 5.46. The van der Waals surface area contributed by atoms with E-state index in [9.17, 15) is 18.3 Å². The number of hydrogen-bond donors (Lipinski definition) is 2. The zero-order valence-corrected chi connectivity index (χ0v) is 14.7. The molecule has 0 aliphatic heterocycles. The second kappa shape index (κ2) is 6.25. The summed E-state index contributed by atoms with van der Waals surface area (Å²) >= 11 is 0. The van der Waals surface area contributed by atoms with Gasteiger partial charge in [-0.15, -0.1) is 0 Å². The average Bonchev–Trinajstić information content (AvgIpc) is 2.81. The zero-order valence-electron chi connectivity index (χ0n) is 13.9. The van der Waals surface area contributed by atoms with Crippen molar-refractivity contribution in [3.8, 4) is 0 Å². The van der Waals surface area contributed by atoms with E-state index in [1.54, 1.807) is 35.9 Å². The third-order valence-electron chi connectivity index (χ3n) is 4.10. The SMILES string of the molecule is Cc1ccc(S(=O)(=O)Nc2c(CC(=O)O)c3ccccc3n2C)cc1. The maximum Gasteiger partial charge on any atom is 0.307 e. The molecule has 0 spiro atoms. The fraction of sp³-hybridized carbons (Fsp3) is 0.167. The Bertz CT molecular complexity index is 1050. The van der Waals surface area contributed by atoms with E-state index < -0.39 is 16.0 Å². The van der Waals surface area contributed by atoms with Crippen molar-refractivity contribution in [2.45, 2.75) is 18.2 Å². The number of aliphatic carboxylic acids is 1. The normalized spacial score (nSPS) is 11.6. The smallest absolute Gasteiger partial charge is 0.307 e. The number of para-hydroxylation sites is 1. The number of nitrogens with zero attached hydrogens (tertiary/aromatic N) is 1. The molecule has 0 amide bonds. The molecule has 0 aliphatic rings. The Kier molecular flexibility index (Phi) is 4.26. The molecule has 1 aromatic heterocycles. The van der Waals surface area contributed by atoms with Gasteiger partial charge in [0.05, 0.1) is 11.3 Å². The molecule has 0 atom stereocenters. The fourth-order valence-corrected chi connectivity index (χ4v) is 3.96. The second-order valence-electron chi connectivity index (χ2n) is 5.89. The number of carboxylic acids is 1. The Hall–Kier alpha value is -2.80. The first-order chi connectivity index (χ1) is 11.8. The van der Waals surface area contributed by atoms with E-state index in [2.05, 4.69) is 4.72 Å². The molecule has 25 heavy (non-hydrogen) atoms. The predicted molar refractivity (Wildman–Crippen MR) is 96.2 cm³/mol. The van der Waals surface area contributed by atoms with E-state index in [0.29, 0.717) is 10.9 Å². The quantitative estimate of drug-likeness (QED) is 0.734. The van der Waals surface area contributed by atoms with Gasteiger partial charge in [0.15, 0.2) is 0 Å².